The van der Waals surface area contributed by atoms with Gasteiger partial charge in [0.2, 0.25) is 0 Å². The largest absolute Gasteiger partial charge is 0.488 e. The van der Waals surface area contributed by atoms with Crippen molar-refractivity contribution < 1.29 is 13.9 Å². The van der Waals surface area contributed by atoms with Crippen LogP contribution in [-0.4, -0.2) is 25.1 Å². The number of nitrogens with two attached hydrogens (primary N) is 1. The maximum absolute atomic E-state index is 13.0. The Morgan fingerprint density at radius 1 is 1.53 bits per heavy atom. The van der Waals surface area contributed by atoms with Crippen molar-refractivity contribution in [3.8, 4) is 5.75 Å². The van der Waals surface area contributed by atoms with E-state index >= 15 is 0 Å². The number of hydrogen-bond acceptors (Lipinski definition) is 3. The quantitative estimate of drug-likeness (QED) is 0.827. The van der Waals surface area contributed by atoms with E-state index in [1.54, 1.807) is 0 Å². The van der Waals surface area contributed by atoms with Crippen LogP contribution in [0.4, 0.5) is 4.39 Å². The molecule has 3 N–H and O–H groups in total. The van der Waals surface area contributed by atoms with Crippen molar-refractivity contribution in [3.05, 3.63) is 29.6 Å². The van der Waals surface area contributed by atoms with Crippen molar-refractivity contribution in [1.29, 1.82) is 0 Å². The summed E-state index contributed by atoms with van der Waals surface area (Å²) < 4.78 is 18.7. The topological polar surface area (TPSA) is 64.4 Å². The van der Waals surface area contributed by atoms with Crippen molar-refractivity contribution in [3.63, 3.8) is 0 Å². The van der Waals surface area contributed by atoms with Gasteiger partial charge < -0.3 is 15.8 Å². The fourth-order valence-electron chi connectivity index (χ4n) is 1.90. The van der Waals surface area contributed by atoms with Gasteiger partial charge >= 0.3 is 0 Å². The van der Waals surface area contributed by atoms with Gasteiger partial charge in [0.15, 0.2) is 0 Å². The van der Waals surface area contributed by atoms with E-state index in [1.165, 1.54) is 12.1 Å². The van der Waals surface area contributed by atoms with E-state index in [9.17, 15) is 9.18 Å². The maximum atomic E-state index is 13.0. The predicted octanol–water partition coefficient (Wildman–Crippen LogP) is 1.06. The average molecular weight is 238 g/mol. The van der Waals surface area contributed by atoms with Crippen LogP contribution in [0.3, 0.4) is 0 Å². The Bertz CT molecular complexity index is 417. The molecule has 1 aliphatic rings. The van der Waals surface area contributed by atoms with Gasteiger partial charge in [0.05, 0.1) is 5.56 Å². The molecule has 0 spiro atoms. The van der Waals surface area contributed by atoms with Crippen LogP contribution >= 0.6 is 0 Å². The first-order valence-corrected chi connectivity index (χ1v) is 5.63. The molecule has 1 aromatic rings. The third-order valence-electron chi connectivity index (χ3n) is 2.75. The first kappa shape index (κ1) is 11.9. The third-order valence-corrected chi connectivity index (χ3v) is 2.75. The molecule has 1 saturated heterocycles. The summed E-state index contributed by atoms with van der Waals surface area (Å²) in [7, 11) is 0. The maximum Gasteiger partial charge on any atom is 0.252 e. The number of primary amides is 1. The van der Waals surface area contributed by atoms with Crippen LogP contribution in [0, 0.1) is 5.82 Å². The molecule has 1 atom stereocenters. The lowest BCUT2D eigenvalue weighted by atomic mass is 10.1. The van der Waals surface area contributed by atoms with Gasteiger partial charge in [-0.25, -0.2) is 4.39 Å². The molecule has 5 heteroatoms. The molecule has 1 aromatic carbocycles. The van der Waals surface area contributed by atoms with Crippen LogP contribution in [0.5, 0.6) is 5.75 Å². The van der Waals surface area contributed by atoms with E-state index in [4.69, 9.17) is 10.5 Å². The average Bonchev–Trinajstić information content (AvgIpc) is 2.32. The van der Waals surface area contributed by atoms with Crippen LogP contribution in [0.25, 0.3) is 0 Å². The Balaban J connectivity index is 2.16. The Morgan fingerprint density at radius 2 is 2.35 bits per heavy atom. The summed E-state index contributed by atoms with van der Waals surface area (Å²) in [6.07, 6.45) is 1.95. The molecule has 1 amide bonds. The summed E-state index contributed by atoms with van der Waals surface area (Å²) in [4.78, 5) is 11.2. The van der Waals surface area contributed by atoms with E-state index in [2.05, 4.69) is 5.32 Å². The molecule has 0 aliphatic carbocycles. The first-order valence-electron chi connectivity index (χ1n) is 5.63. The molecule has 0 aromatic heterocycles. The van der Waals surface area contributed by atoms with Crippen LogP contribution in [0.15, 0.2) is 18.2 Å². The van der Waals surface area contributed by atoms with Crippen LogP contribution in [-0.2, 0) is 0 Å². The number of carbonyl (C=O) groups excluding carboxylic acids is 1. The zero-order valence-corrected chi connectivity index (χ0v) is 9.41. The molecule has 0 unspecified atom stereocenters. The van der Waals surface area contributed by atoms with Gasteiger partial charge in [0, 0.05) is 6.54 Å². The fraction of sp³-hybridized carbons (Fsp3) is 0.417. The van der Waals surface area contributed by atoms with Gasteiger partial charge in [-0.05, 0) is 37.6 Å². The van der Waals surface area contributed by atoms with Gasteiger partial charge in [0.25, 0.3) is 5.91 Å². The van der Waals surface area contributed by atoms with Crippen molar-refractivity contribution in [1.82, 2.24) is 5.32 Å². The normalized spacial score (nSPS) is 19.9. The summed E-state index contributed by atoms with van der Waals surface area (Å²) in [6.45, 7) is 1.71. The first-order chi connectivity index (χ1) is 8.16. The van der Waals surface area contributed by atoms with Crippen molar-refractivity contribution in [2.45, 2.75) is 18.9 Å². The third kappa shape index (κ3) is 2.94. The second kappa shape index (κ2) is 5.14. The number of carbonyl (C=O) groups is 1. The molecular weight excluding hydrogens is 223 g/mol. The summed E-state index contributed by atoms with van der Waals surface area (Å²) in [5.74, 6) is -0.816. The lowest BCUT2D eigenvalue weighted by Crippen LogP contribution is -2.37. The second-order valence-electron chi connectivity index (χ2n) is 4.09. The highest BCUT2D eigenvalue weighted by molar-refractivity contribution is 5.95. The van der Waals surface area contributed by atoms with E-state index in [1.807, 2.05) is 0 Å². The van der Waals surface area contributed by atoms with Crippen molar-refractivity contribution >= 4 is 5.91 Å². The van der Waals surface area contributed by atoms with Crippen LogP contribution < -0.4 is 15.8 Å². The minimum Gasteiger partial charge on any atom is -0.488 e. The Labute approximate surface area is 98.9 Å². The van der Waals surface area contributed by atoms with Crippen LogP contribution in [0.2, 0.25) is 0 Å². The number of rotatable bonds is 3. The zero-order valence-electron chi connectivity index (χ0n) is 9.41. The van der Waals surface area contributed by atoms with Gasteiger partial charge in [-0.1, -0.05) is 0 Å². The highest BCUT2D eigenvalue weighted by Gasteiger charge is 2.18. The summed E-state index contributed by atoms with van der Waals surface area (Å²) in [6, 6.07) is 3.82. The summed E-state index contributed by atoms with van der Waals surface area (Å²) in [5.41, 5.74) is 5.28. The molecule has 0 saturated carbocycles. The Hall–Kier alpha value is -1.62. The van der Waals surface area contributed by atoms with Crippen molar-refractivity contribution in [2.24, 2.45) is 5.73 Å². The van der Waals surface area contributed by atoms with E-state index in [-0.39, 0.29) is 11.7 Å². The second-order valence-corrected chi connectivity index (χ2v) is 4.09. The molecule has 4 nitrogen and oxygen atoms in total. The van der Waals surface area contributed by atoms with E-state index < -0.39 is 11.7 Å². The standard InChI is InChI=1S/C12H15FN2O2/c13-8-3-4-11(10(6-8)12(14)16)17-9-2-1-5-15-7-9/h3-4,6,9,15H,1-2,5,7H2,(H2,14,16)/t9-/m0/s1. The predicted molar refractivity (Wildman–Crippen MR) is 61.4 cm³/mol. The lowest BCUT2D eigenvalue weighted by molar-refractivity contribution is 0.0989. The molecule has 92 valence electrons. The fourth-order valence-corrected chi connectivity index (χ4v) is 1.90. The Morgan fingerprint density at radius 3 is 3.00 bits per heavy atom. The molecule has 2 rings (SSSR count). The van der Waals surface area contributed by atoms with Gasteiger partial charge in [0.1, 0.15) is 17.7 Å². The Kier molecular flexibility index (Phi) is 3.58. The number of nitrogens with one attached hydrogen (secondary N) is 1. The van der Waals surface area contributed by atoms with E-state index in [0.717, 1.165) is 32.0 Å². The minimum atomic E-state index is -0.678. The number of piperidine rings is 1. The monoisotopic (exact) mass is 238 g/mol. The minimum absolute atomic E-state index is 0.00677. The van der Waals surface area contributed by atoms with Gasteiger partial charge in [-0.3, -0.25) is 4.79 Å². The highest BCUT2D eigenvalue weighted by Crippen LogP contribution is 2.22. The van der Waals surface area contributed by atoms with Crippen LogP contribution in [0.1, 0.15) is 23.2 Å². The molecule has 0 radical (unpaired) electrons. The molecule has 0 bridgehead atoms. The summed E-state index contributed by atoms with van der Waals surface area (Å²) >= 11 is 0. The van der Waals surface area contributed by atoms with E-state index in [0.29, 0.717) is 5.75 Å². The highest BCUT2D eigenvalue weighted by atomic mass is 19.1. The number of halogens is 1. The van der Waals surface area contributed by atoms with Crippen molar-refractivity contribution in [2.75, 3.05) is 13.1 Å². The number of ether oxygens (including phenoxy) is 1. The SMILES string of the molecule is NC(=O)c1cc(F)ccc1O[C@H]1CCCNC1. The number of hydrogen-bond donors (Lipinski definition) is 2. The lowest BCUT2D eigenvalue weighted by Gasteiger charge is -2.24. The van der Waals surface area contributed by atoms with Gasteiger partial charge in [-0.15, -0.1) is 0 Å². The number of amides is 1. The number of benzene rings is 1. The van der Waals surface area contributed by atoms with Gasteiger partial charge in [-0.2, -0.15) is 0 Å². The molecular formula is C12H15FN2O2. The smallest absolute Gasteiger partial charge is 0.252 e. The molecule has 1 fully saturated rings. The molecule has 1 aliphatic heterocycles. The summed E-state index contributed by atoms with van der Waals surface area (Å²) in [5, 5.41) is 3.20. The molecule has 1 heterocycles. The zero-order chi connectivity index (χ0) is 12.3. The molecule has 17 heavy (non-hydrogen) atoms.